The number of rotatable bonds is 5. The van der Waals surface area contributed by atoms with Gasteiger partial charge in [-0.05, 0) is 12.8 Å². The van der Waals surface area contributed by atoms with Gasteiger partial charge in [-0.25, -0.2) is 0 Å². The number of hydrogen-bond acceptors (Lipinski definition) is 4. The lowest BCUT2D eigenvalue weighted by Crippen LogP contribution is -1.99. The zero-order valence-electron chi connectivity index (χ0n) is 7.09. The Balaban J connectivity index is 2.44. The number of aliphatic hydroxyl groups excluding tert-OH is 1. The van der Waals surface area contributed by atoms with Crippen LogP contribution < -0.4 is 0 Å². The Kier molecular flexibility index (Phi) is 3.39. The van der Waals surface area contributed by atoms with E-state index in [1.165, 1.54) is 17.1 Å². The first-order valence-electron chi connectivity index (χ1n) is 4.01. The third-order valence-electron chi connectivity index (χ3n) is 1.63. The molecule has 0 fully saturated rings. The van der Waals surface area contributed by atoms with Gasteiger partial charge >= 0.3 is 5.69 Å². The van der Waals surface area contributed by atoms with E-state index in [-0.39, 0.29) is 12.3 Å². The summed E-state index contributed by atoms with van der Waals surface area (Å²) in [4.78, 5) is 9.78. The summed E-state index contributed by atoms with van der Waals surface area (Å²) in [6, 6.07) is 0. The van der Waals surface area contributed by atoms with Crippen molar-refractivity contribution in [1.29, 1.82) is 0 Å². The van der Waals surface area contributed by atoms with Crippen molar-refractivity contribution < 1.29 is 10.0 Å². The van der Waals surface area contributed by atoms with Gasteiger partial charge in [0.25, 0.3) is 0 Å². The van der Waals surface area contributed by atoms with Gasteiger partial charge in [0.05, 0.1) is 4.92 Å². The lowest BCUT2D eigenvalue weighted by molar-refractivity contribution is -0.385. The molecule has 0 unspecified atom stereocenters. The Bertz CT molecular complexity index is 284. The Morgan fingerprint density at radius 2 is 2.38 bits per heavy atom. The molecule has 0 saturated heterocycles. The molecule has 6 heteroatoms. The average molecular weight is 185 g/mol. The first-order chi connectivity index (χ1) is 6.24. The molecule has 0 aliphatic heterocycles. The molecule has 1 aromatic rings. The normalized spacial score (nSPS) is 10.2. The summed E-state index contributed by atoms with van der Waals surface area (Å²) >= 11 is 0. The van der Waals surface area contributed by atoms with Gasteiger partial charge in [-0.15, -0.1) is 0 Å². The highest BCUT2D eigenvalue weighted by atomic mass is 16.6. The monoisotopic (exact) mass is 185 g/mol. The van der Waals surface area contributed by atoms with Crippen molar-refractivity contribution in [2.75, 3.05) is 6.61 Å². The van der Waals surface area contributed by atoms with E-state index < -0.39 is 4.92 Å². The van der Waals surface area contributed by atoms with Crippen LogP contribution in [0.3, 0.4) is 0 Å². The number of nitro groups is 1. The summed E-state index contributed by atoms with van der Waals surface area (Å²) in [6.45, 7) is 0.748. The van der Waals surface area contributed by atoms with Gasteiger partial charge < -0.3 is 5.11 Å². The highest BCUT2D eigenvalue weighted by Gasteiger charge is 2.07. The van der Waals surface area contributed by atoms with Gasteiger partial charge in [-0.3, -0.25) is 14.8 Å². The fraction of sp³-hybridized carbons (Fsp3) is 0.571. The highest BCUT2D eigenvalue weighted by Crippen LogP contribution is 2.08. The quantitative estimate of drug-likeness (QED) is 0.413. The molecular formula is C7H11N3O3. The molecule has 0 atom stereocenters. The molecule has 1 N–H and O–H groups in total. The van der Waals surface area contributed by atoms with Crippen molar-refractivity contribution in [2.45, 2.75) is 19.4 Å². The van der Waals surface area contributed by atoms with Crippen molar-refractivity contribution in [1.82, 2.24) is 9.78 Å². The van der Waals surface area contributed by atoms with E-state index in [1.807, 2.05) is 0 Å². The topological polar surface area (TPSA) is 81.2 Å². The van der Waals surface area contributed by atoms with Gasteiger partial charge in [0.2, 0.25) is 0 Å². The molecule has 0 bridgehead atoms. The Labute approximate surface area is 74.9 Å². The van der Waals surface area contributed by atoms with Crippen LogP contribution in [0.15, 0.2) is 12.4 Å². The van der Waals surface area contributed by atoms with Gasteiger partial charge in [-0.2, -0.15) is 5.10 Å². The van der Waals surface area contributed by atoms with Crippen LogP contribution in [0.25, 0.3) is 0 Å². The molecule has 0 aromatic carbocycles. The van der Waals surface area contributed by atoms with Crippen molar-refractivity contribution in [3.8, 4) is 0 Å². The van der Waals surface area contributed by atoms with E-state index in [9.17, 15) is 10.1 Å². The minimum Gasteiger partial charge on any atom is -0.396 e. The zero-order chi connectivity index (χ0) is 9.68. The second-order valence-corrected chi connectivity index (χ2v) is 2.65. The third kappa shape index (κ3) is 2.83. The smallest absolute Gasteiger partial charge is 0.306 e. The van der Waals surface area contributed by atoms with Gasteiger partial charge in [-0.1, -0.05) is 0 Å². The highest BCUT2D eigenvalue weighted by molar-refractivity contribution is 5.20. The summed E-state index contributed by atoms with van der Waals surface area (Å²) in [5, 5.41) is 22.6. The molecule has 72 valence electrons. The minimum atomic E-state index is -0.477. The van der Waals surface area contributed by atoms with Crippen molar-refractivity contribution >= 4 is 5.69 Å². The number of aromatic nitrogens is 2. The fourth-order valence-electron chi connectivity index (χ4n) is 0.955. The largest absolute Gasteiger partial charge is 0.396 e. The van der Waals surface area contributed by atoms with Gasteiger partial charge in [0.15, 0.2) is 0 Å². The molecule has 0 amide bonds. The van der Waals surface area contributed by atoms with E-state index in [0.717, 1.165) is 6.42 Å². The summed E-state index contributed by atoms with van der Waals surface area (Å²) in [5.41, 5.74) is 0.00370. The maximum atomic E-state index is 10.3. The maximum absolute atomic E-state index is 10.3. The van der Waals surface area contributed by atoms with Crippen molar-refractivity contribution in [3.05, 3.63) is 22.5 Å². The van der Waals surface area contributed by atoms with Crippen LogP contribution in [0.2, 0.25) is 0 Å². The zero-order valence-corrected chi connectivity index (χ0v) is 7.09. The first kappa shape index (κ1) is 9.66. The Hall–Kier alpha value is -1.43. The van der Waals surface area contributed by atoms with E-state index in [0.29, 0.717) is 13.0 Å². The lowest BCUT2D eigenvalue weighted by Gasteiger charge is -1.97. The van der Waals surface area contributed by atoms with Crippen LogP contribution in [0, 0.1) is 10.1 Å². The van der Waals surface area contributed by atoms with Gasteiger partial charge in [0, 0.05) is 13.2 Å². The number of unbranched alkanes of at least 4 members (excludes halogenated alkanes) is 1. The van der Waals surface area contributed by atoms with Crippen LogP contribution >= 0.6 is 0 Å². The fourth-order valence-corrected chi connectivity index (χ4v) is 0.955. The van der Waals surface area contributed by atoms with E-state index in [4.69, 9.17) is 5.11 Å². The molecule has 0 aliphatic carbocycles. The van der Waals surface area contributed by atoms with Crippen LogP contribution in [0.5, 0.6) is 0 Å². The number of nitrogens with zero attached hydrogens (tertiary/aromatic N) is 3. The summed E-state index contributed by atoms with van der Waals surface area (Å²) < 4.78 is 1.51. The van der Waals surface area contributed by atoms with Crippen LogP contribution in [-0.4, -0.2) is 26.4 Å². The minimum absolute atomic E-state index is 0.00370. The second-order valence-electron chi connectivity index (χ2n) is 2.65. The predicted octanol–water partition coefficient (Wildman–Crippen LogP) is 0.564. The second kappa shape index (κ2) is 4.56. The van der Waals surface area contributed by atoms with Gasteiger partial charge in [0.1, 0.15) is 12.4 Å². The molecule has 1 heterocycles. The molecule has 0 aliphatic rings. The molecule has 1 rings (SSSR count). The lowest BCUT2D eigenvalue weighted by atomic mass is 10.3. The number of aliphatic hydroxyl groups is 1. The molecule has 0 saturated carbocycles. The summed E-state index contributed by atoms with van der Waals surface area (Å²) in [6.07, 6.45) is 4.07. The molecule has 0 radical (unpaired) electrons. The van der Waals surface area contributed by atoms with E-state index >= 15 is 0 Å². The number of hydrogen-bond donors (Lipinski definition) is 1. The van der Waals surface area contributed by atoms with Crippen LogP contribution in [0.4, 0.5) is 5.69 Å². The maximum Gasteiger partial charge on any atom is 0.306 e. The van der Waals surface area contributed by atoms with Crippen LogP contribution in [-0.2, 0) is 6.54 Å². The Morgan fingerprint density at radius 1 is 1.62 bits per heavy atom. The Morgan fingerprint density at radius 3 is 2.92 bits per heavy atom. The molecule has 13 heavy (non-hydrogen) atoms. The number of aryl methyl sites for hydroxylation is 1. The molecule has 1 aromatic heterocycles. The van der Waals surface area contributed by atoms with Crippen LogP contribution in [0.1, 0.15) is 12.8 Å². The standard InChI is InChI=1S/C7H11N3O3/c11-4-2-1-3-9-6-7(5-8-9)10(12)13/h5-6,11H,1-4H2. The van der Waals surface area contributed by atoms with Crippen molar-refractivity contribution in [2.24, 2.45) is 0 Å². The van der Waals surface area contributed by atoms with Crippen molar-refractivity contribution in [3.63, 3.8) is 0 Å². The summed E-state index contributed by atoms with van der Waals surface area (Å²) in [7, 11) is 0. The SMILES string of the molecule is O=[N+]([O-])c1cnn(CCCCO)c1. The first-order valence-corrected chi connectivity index (χ1v) is 4.01. The molecular weight excluding hydrogens is 174 g/mol. The third-order valence-corrected chi connectivity index (χ3v) is 1.63. The average Bonchev–Trinajstić information content (AvgIpc) is 2.53. The molecule has 6 nitrogen and oxygen atoms in total. The van der Waals surface area contributed by atoms with E-state index in [2.05, 4.69) is 5.10 Å². The predicted molar refractivity (Wildman–Crippen MR) is 45.2 cm³/mol. The molecule has 0 spiro atoms. The van der Waals surface area contributed by atoms with E-state index in [1.54, 1.807) is 0 Å². The summed E-state index contributed by atoms with van der Waals surface area (Å²) in [5.74, 6) is 0.